The fourth-order valence-corrected chi connectivity index (χ4v) is 2.24. The van der Waals surface area contributed by atoms with E-state index in [-0.39, 0.29) is 5.56 Å². The van der Waals surface area contributed by atoms with Crippen molar-refractivity contribution in [3.8, 4) is 17.2 Å². The van der Waals surface area contributed by atoms with Crippen molar-refractivity contribution >= 4 is 11.6 Å². The monoisotopic (exact) mass is 343 g/mol. The predicted molar refractivity (Wildman–Crippen MR) is 86.6 cm³/mol. The van der Waals surface area contributed by atoms with Crippen LogP contribution in [0.4, 0.5) is 10.1 Å². The quantitative estimate of drug-likeness (QED) is 0.763. The van der Waals surface area contributed by atoms with Crippen LogP contribution in [0.5, 0.6) is 11.5 Å². The molecular formula is C16H14FN5O3. The van der Waals surface area contributed by atoms with Crippen LogP contribution in [0.3, 0.4) is 0 Å². The molecule has 1 aromatic heterocycles. The molecule has 0 unspecified atom stereocenters. The van der Waals surface area contributed by atoms with Crippen molar-refractivity contribution in [2.24, 2.45) is 0 Å². The van der Waals surface area contributed by atoms with E-state index in [1.54, 1.807) is 18.2 Å². The van der Waals surface area contributed by atoms with Gasteiger partial charge in [0.05, 0.1) is 25.5 Å². The van der Waals surface area contributed by atoms with E-state index >= 15 is 0 Å². The van der Waals surface area contributed by atoms with Crippen LogP contribution < -0.4 is 14.8 Å². The summed E-state index contributed by atoms with van der Waals surface area (Å²) in [5.74, 6) is -0.0605. The molecule has 1 amide bonds. The number of anilines is 1. The summed E-state index contributed by atoms with van der Waals surface area (Å²) in [6.07, 6.45) is 1.32. The van der Waals surface area contributed by atoms with Crippen molar-refractivity contribution in [2.45, 2.75) is 0 Å². The molecule has 8 nitrogen and oxygen atoms in total. The molecule has 0 saturated heterocycles. The lowest BCUT2D eigenvalue weighted by atomic mass is 10.1. The molecule has 0 saturated carbocycles. The largest absolute Gasteiger partial charge is 0.497 e. The Morgan fingerprint density at radius 3 is 2.44 bits per heavy atom. The van der Waals surface area contributed by atoms with Crippen molar-refractivity contribution in [2.75, 3.05) is 19.5 Å². The summed E-state index contributed by atoms with van der Waals surface area (Å²) in [5.41, 5.74) is 0.862. The van der Waals surface area contributed by atoms with Crippen molar-refractivity contribution in [3.63, 3.8) is 0 Å². The standard InChI is InChI=1S/C16H14FN5O3/c1-24-12-6-11(7-13(8-12)25-2)19-16(23)14-5-10(17)3-4-15(14)22-9-18-20-21-22/h3-9H,1-2H3,(H,19,23). The number of halogens is 1. The van der Waals surface area contributed by atoms with E-state index in [4.69, 9.17) is 9.47 Å². The molecular weight excluding hydrogens is 329 g/mol. The van der Waals surface area contributed by atoms with Crippen LogP contribution in [0, 0.1) is 5.82 Å². The van der Waals surface area contributed by atoms with Gasteiger partial charge in [0.15, 0.2) is 0 Å². The van der Waals surface area contributed by atoms with Gasteiger partial charge in [-0.05, 0) is 28.6 Å². The highest BCUT2D eigenvalue weighted by Crippen LogP contribution is 2.26. The number of carbonyl (C=O) groups excluding carboxylic acids is 1. The molecule has 0 atom stereocenters. The highest BCUT2D eigenvalue weighted by Gasteiger charge is 2.16. The van der Waals surface area contributed by atoms with Crippen LogP contribution in [-0.2, 0) is 0 Å². The summed E-state index contributed by atoms with van der Waals surface area (Å²) < 4.78 is 25.3. The third kappa shape index (κ3) is 3.55. The number of ether oxygens (including phenoxy) is 2. The predicted octanol–water partition coefficient (Wildman–Crippen LogP) is 2.07. The molecule has 0 spiro atoms. The lowest BCUT2D eigenvalue weighted by molar-refractivity contribution is 0.102. The van der Waals surface area contributed by atoms with Crippen LogP contribution in [0.25, 0.3) is 5.69 Å². The molecule has 2 aromatic carbocycles. The number of rotatable bonds is 5. The summed E-state index contributed by atoms with van der Waals surface area (Å²) >= 11 is 0. The lowest BCUT2D eigenvalue weighted by Gasteiger charge is -2.12. The number of carbonyl (C=O) groups is 1. The summed E-state index contributed by atoms with van der Waals surface area (Å²) in [6, 6.07) is 8.68. The van der Waals surface area contributed by atoms with E-state index in [2.05, 4.69) is 20.8 Å². The zero-order valence-corrected chi connectivity index (χ0v) is 13.4. The van der Waals surface area contributed by atoms with Crippen molar-refractivity contribution in [1.82, 2.24) is 20.2 Å². The molecule has 3 rings (SSSR count). The van der Waals surface area contributed by atoms with E-state index in [0.29, 0.717) is 22.9 Å². The van der Waals surface area contributed by atoms with Crippen molar-refractivity contribution in [3.05, 3.63) is 54.1 Å². The molecule has 128 valence electrons. The van der Waals surface area contributed by atoms with Gasteiger partial charge in [-0.3, -0.25) is 4.79 Å². The summed E-state index contributed by atoms with van der Waals surface area (Å²) in [7, 11) is 3.01. The first-order valence-electron chi connectivity index (χ1n) is 7.18. The highest BCUT2D eigenvalue weighted by atomic mass is 19.1. The number of methoxy groups -OCH3 is 2. The number of hydrogen-bond acceptors (Lipinski definition) is 6. The van der Waals surface area contributed by atoms with Gasteiger partial charge in [-0.2, -0.15) is 4.68 Å². The molecule has 0 aliphatic rings. The second kappa shape index (κ2) is 6.95. The Kier molecular flexibility index (Phi) is 4.55. The zero-order valence-electron chi connectivity index (χ0n) is 13.4. The lowest BCUT2D eigenvalue weighted by Crippen LogP contribution is -2.16. The van der Waals surface area contributed by atoms with E-state index in [9.17, 15) is 9.18 Å². The third-order valence-corrected chi connectivity index (χ3v) is 3.41. The number of aromatic nitrogens is 4. The molecule has 0 aliphatic carbocycles. The summed E-state index contributed by atoms with van der Waals surface area (Å²) in [4.78, 5) is 12.6. The molecule has 1 heterocycles. The number of nitrogens with zero attached hydrogens (tertiary/aromatic N) is 4. The van der Waals surface area contributed by atoms with E-state index in [0.717, 1.165) is 6.07 Å². The van der Waals surface area contributed by atoms with Gasteiger partial charge in [0.25, 0.3) is 5.91 Å². The number of tetrazole rings is 1. The van der Waals surface area contributed by atoms with Crippen LogP contribution in [0.15, 0.2) is 42.7 Å². The van der Waals surface area contributed by atoms with Gasteiger partial charge in [0.2, 0.25) is 0 Å². The molecule has 25 heavy (non-hydrogen) atoms. The molecule has 0 aliphatic heterocycles. The maximum absolute atomic E-state index is 13.6. The van der Waals surface area contributed by atoms with Gasteiger partial charge >= 0.3 is 0 Å². The molecule has 1 N–H and O–H groups in total. The molecule has 0 radical (unpaired) electrons. The number of hydrogen-bond donors (Lipinski definition) is 1. The minimum atomic E-state index is -0.551. The Hall–Kier alpha value is -3.49. The van der Waals surface area contributed by atoms with E-state index in [1.807, 2.05) is 0 Å². The number of amides is 1. The SMILES string of the molecule is COc1cc(NC(=O)c2cc(F)ccc2-n2cnnn2)cc(OC)c1. The average molecular weight is 343 g/mol. The minimum Gasteiger partial charge on any atom is -0.497 e. The first-order chi connectivity index (χ1) is 12.1. The summed E-state index contributed by atoms with van der Waals surface area (Å²) in [5, 5.41) is 13.5. The van der Waals surface area contributed by atoms with Crippen LogP contribution >= 0.6 is 0 Å². The molecule has 3 aromatic rings. The Morgan fingerprint density at radius 1 is 1.12 bits per heavy atom. The first kappa shape index (κ1) is 16.4. The summed E-state index contributed by atoms with van der Waals surface area (Å²) in [6.45, 7) is 0. The second-order valence-corrected chi connectivity index (χ2v) is 4.97. The Labute approximate surface area is 142 Å². The third-order valence-electron chi connectivity index (χ3n) is 3.41. The molecule has 0 bridgehead atoms. The van der Waals surface area contributed by atoms with Gasteiger partial charge in [-0.15, -0.1) is 5.10 Å². The number of nitrogens with one attached hydrogen (secondary N) is 1. The average Bonchev–Trinajstić information content (AvgIpc) is 3.15. The van der Waals surface area contributed by atoms with Crippen LogP contribution in [0.1, 0.15) is 10.4 Å². The number of benzene rings is 2. The molecule has 9 heteroatoms. The van der Waals surface area contributed by atoms with Crippen molar-refractivity contribution < 1.29 is 18.7 Å². The van der Waals surface area contributed by atoms with E-state index < -0.39 is 11.7 Å². The molecule has 0 fully saturated rings. The Morgan fingerprint density at radius 2 is 1.84 bits per heavy atom. The van der Waals surface area contributed by atoms with E-state index in [1.165, 1.54) is 37.4 Å². The van der Waals surface area contributed by atoms with Gasteiger partial charge in [-0.1, -0.05) is 0 Å². The maximum atomic E-state index is 13.6. The zero-order chi connectivity index (χ0) is 17.8. The second-order valence-electron chi connectivity index (χ2n) is 4.97. The van der Waals surface area contributed by atoms with Gasteiger partial charge < -0.3 is 14.8 Å². The minimum absolute atomic E-state index is 0.0779. The van der Waals surface area contributed by atoms with Gasteiger partial charge in [0, 0.05) is 23.9 Å². The first-order valence-corrected chi connectivity index (χ1v) is 7.18. The smallest absolute Gasteiger partial charge is 0.257 e. The fraction of sp³-hybridized carbons (Fsp3) is 0.125. The van der Waals surface area contributed by atoms with Crippen LogP contribution in [0.2, 0.25) is 0 Å². The van der Waals surface area contributed by atoms with Gasteiger partial charge in [-0.25, -0.2) is 4.39 Å². The van der Waals surface area contributed by atoms with Crippen LogP contribution in [-0.4, -0.2) is 40.3 Å². The maximum Gasteiger partial charge on any atom is 0.257 e. The van der Waals surface area contributed by atoms with Crippen molar-refractivity contribution in [1.29, 1.82) is 0 Å². The topological polar surface area (TPSA) is 91.2 Å². The fourth-order valence-electron chi connectivity index (χ4n) is 2.24. The Balaban J connectivity index is 1.95. The highest BCUT2D eigenvalue weighted by molar-refractivity contribution is 6.06. The van der Waals surface area contributed by atoms with Gasteiger partial charge in [0.1, 0.15) is 23.6 Å². The Bertz CT molecular complexity index is 877. The normalized spacial score (nSPS) is 10.4.